The number of sulfonamides is 1. The Hall–Kier alpha value is -1.31. The SMILES string of the molecule is O=S(=O)(C1=NCc2ncccc21)N1C[C@H]2C[C@@H]1CO2. The number of aliphatic imine (C=N–C) groups is 1. The summed E-state index contributed by atoms with van der Waals surface area (Å²) >= 11 is 0. The molecule has 4 heterocycles. The molecule has 0 unspecified atom stereocenters. The van der Waals surface area contributed by atoms with Crippen molar-refractivity contribution in [2.45, 2.75) is 25.1 Å². The van der Waals surface area contributed by atoms with Crippen molar-refractivity contribution in [1.29, 1.82) is 0 Å². The number of fused-ring (bicyclic) bond motifs is 3. The molecule has 2 saturated heterocycles. The first kappa shape index (κ1) is 11.5. The molecular formula is C12H13N3O3S. The number of rotatable bonds is 1. The van der Waals surface area contributed by atoms with E-state index >= 15 is 0 Å². The molecule has 19 heavy (non-hydrogen) atoms. The lowest BCUT2D eigenvalue weighted by atomic mass is 10.2. The smallest absolute Gasteiger partial charge is 0.261 e. The fourth-order valence-electron chi connectivity index (χ4n) is 2.98. The van der Waals surface area contributed by atoms with Gasteiger partial charge in [-0.3, -0.25) is 9.98 Å². The molecule has 0 radical (unpaired) electrons. The zero-order valence-corrected chi connectivity index (χ0v) is 11.0. The van der Waals surface area contributed by atoms with Crippen molar-refractivity contribution >= 4 is 15.1 Å². The first-order valence-electron chi connectivity index (χ1n) is 6.28. The van der Waals surface area contributed by atoms with Gasteiger partial charge in [0.05, 0.1) is 31.0 Å². The Morgan fingerprint density at radius 2 is 2.32 bits per heavy atom. The maximum absolute atomic E-state index is 12.7. The molecule has 1 aromatic heterocycles. The first-order valence-corrected chi connectivity index (χ1v) is 7.72. The molecule has 0 amide bonds. The highest BCUT2D eigenvalue weighted by Crippen LogP contribution is 2.32. The Bertz CT molecular complexity index is 671. The van der Waals surface area contributed by atoms with Crippen molar-refractivity contribution in [1.82, 2.24) is 9.29 Å². The predicted octanol–water partition coefficient (Wildman–Crippen LogP) is 0.145. The average Bonchev–Trinajstić information content (AvgIpc) is 3.13. The van der Waals surface area contributed by atoms with Gasteiger partial charge < -0.3 is 4.74 Å². The molecule has 7 heteroatoms. The summed E-state index contributed by atoms with van der Waals surface area (Å²) < 4.78 is 32.4. The fourth-order valence-corrected chi connectivity index (χ4v) is 4.80. The van der Waals surface area contributed by atoms with Crippen molar-refractivity contribution in [2.24, 2.45) is 4.99 Å². The van der Waals surface area contributed by atoms with Gasteiger partial charge in [-0.15, -0.1) is 0 Å². The second-order valence-electron chi connectivity index (χ2n) is 5.04. The standard InChI is InChI=1S/C12H13N3O3S/c16-19(17,15-6-9-4-8(15)7-18-9)12-10-2-1-3-13-11(10)5-14-12/h1-3,8-9H,4-7H2/t8-,9-/m1/s1. The van der Waals surface area contributed by atoms with Gasteiger partial charge >= 0.3 is 0 Å². The molecule has 3 aliphatic rings. The normalized spacial score (nSPS) is 29.6. The van der Waals surface area contributed by atoms with E-state index in [0.717, 1.165) is 12.1 Å². The van der Waals surface area contributed by atoms with Crippen LogP contribution in [0.25, 0.3) is 0 Å². The van der Waals surface area contributed by atoms with E-state index in [1.165, 1.54) is 0 Å². The van der Waals surface area contributed by atoms with E-state index in [9.17, 15) is 8.42 Å². The maximum Gasteiger partial charge on any atom is 0.261 e. The monoisotopic (exact) mass is 279 g/mol. The number of hydrogen-bond donors (Lipinski definition) is 0. The lowest BCUT2D eigenvalue weighted by Crippen LogP contribution is -2.44. The van der Waals surface area contributed by atoms with E-state index in [4.69, 9.17) is 4.74 Å². The summed E-state index contributed by atoms with van der Waals surface area (Å²) in [5.41, 5.74) is 1.38. The van der Waals surface area contributed by atoms with E-state index in [2.05, 4.69) is 9.98 Å². The first-order chi connectivity index (χ1) is 9.16. The van der Waals surface area contributed by atoms with Crippen molar-refractivity contribution in [3.63, 3.8) is 0 Å². The van der Waals surface area contributed by atoms with Gasteiger partial charge in [-0.1, -0.05) is 0 Å². The van der Waals surface area contributed by atoms with E-state index in [0.29, 0.717) is 25.3 Å². The third kappa shape index (κ3) is 1.58. The Morgan fingerprint density at radius 3 is 3.05 bits per heavy atom. The molecule has 4 rings (SSSR count). The van der Waals surface area contributed by atoms with E-state index in [-0.39, 0.29) is 17.2 Å². The minimum Gasteiger partial charge on any atom is -0.375 e. The topological polar surface area (TPSA) is 71.9 Å². The maximum atomic E-state index is 12.7. The number of hydrogen-bond acceptors (Lipinski definition) is 5. The van der Waals surface area contributed by atoms with Crippen LogP contribution >= 0.6 is 0 Å². The van der Waals surface area contributed by atoms with Crippen LogP contribution in [0, 0.1) is 0 Å². The molecule has 0 aliphatic carbocycles. The highest BCUT2D eigenvalue weighted by atomic mass is 32.2. The van der Waals surface area contributed by atoms with Crippen LogP contribution in [-0.2, 0) is 21.3 Å². The van der Waals surface area contributed by atoms with Crippen molar-refractivity contribution in [3.8, 4) is 0 Å². The van der Waals surface area contributed by atoms with Crippen LogP contribution in [0.4, 0.5) is 0 Å². The van der Waals surface area contributed by atoms with Crippen LogP contribution in [0.5, 0.6) is 0 Å². The second kappa shape index (κ2) is 3.84. The molecule has 2 bridgehead atoms. The zero-order chi connectivity index (χ0) is 13.0. The van der Waals surface area contributed by atoms with Crippen molar-refractivity contribution in [2.75, 3.05) is 13.2 Å². The number of morpholine rings is 1. The van der Waals surface area contributed by atoms with E-state index in [1.54, 1.807) is 22.6 Å². The average molecular weight is 279 g/mol. The highest BCUT2D eigenvalue weighted by molar-refractivity contribution is 8.05. The van der Waals surface area contributed by atoms with Crippen molar-refractivity contribution < 1.29 is 13.2 Å². The molecule has 1 aromatic rings. The molecule has 2 fully saturated rings. The lowest BCUT2D eigenvalue weighted by Gasteiger charge is -2.25. The summed E-state index contributed by atoms with van der Waals surface area (Å²) in [5, 5.41) is 0.170. The third-order valence-electron chi connectivity index (χ3n) is 3.90. The van der Waals surface area contributed by atoms with Crippen LogP contribution in [0.1, 0.15) is 17.7 Å². The van der Waals surface area contributed by atoms with Crippen molar-refractivity contribution in [3.05, 3.63) is 29.6 Å². The Morgan fingerprint density at radius 1 is 1.42 bits per heavy atom. The molecule has 6 nitrogen and oxygen atoms in total. The quantitative estimate of drug-likeness (QED) is 0.733. The summed E-state index contributed by atoms with van der Waals surface area (Å²) in [4.78, 5) is 8.36. The molecule has 3 aliphatic heterocycles. The summed E-state index contributed by atoms with van der Waals surface area (Å²) in [6, 6.07) is 3.49. The largest absolute Gasteiger partial charge is 0.375 e. The van der Waals surface area contributed by atoms with Crippen LogP contribution in [-0.4, -0.2) is 48.0 Å². The van der Waals surface area contributed by atoms with Gasteiger partial charge in [-0.25, -0.2) is 8.42 Å². The van der Waals surface area contributed by atoms with Crippen LogP contribution in [0.2, 0.25) is 0 Å². The predicted molar refractivity (Wildman–Crippen MR) is 68.2 cm³/mol. The molecule has 0 aromatic carbocycles. The summed E-state index contributed by atoms with van der Waals surface area (Å²) in [5.74, 6) is 0. The molecule has 0 N–H and O–H groups in total. The van der Waals surface area contributed by atoms with Gasteiger partial charge in [0, 0.05) is 18.3 Å². The third-order valence-corrected chi connectivity index (χ3v) is 5.80. The van der Waals surface area contributed by atoms with Gasteiger partial charge in [0.1, 0.15) is 0 Å². The van der Waals surface area contributed by atoms with E-state index < -0.39 is 10.0 Å². The Balaban J connectivity index is 1.73. The van der Waals surface area contributed by atoms with Gasteiger partial charge in [0.15, 0.2) is 5.04 Å². The Labute approximate surface area is 111 Å². The van der Waals surface area contributed by atoms with E-state index in [1.807, 2.05) is 0 Å². The number of pyridine rings is 1. The van der Waals surface area contributed by atoms with Gasteiger partial charge in [0.25, 0.3) is 10.0 Å². The van der Waals surface area contributed by atoms with Crippen LogP contribution in [0.3, 0.4) is 0 Å². The highest BCUT2D eigenvalue weighted by Gasteiger charge is 2.47. The summed E-state index contributed by atoms with van der Waals surface area (Å²) in [6.45, 7) is 1.29. The van der Waals surface area contributed by atoms with Crippen LogP contribution in [0.15, 0.2) is 23.3 Å². The van der Waals surface area contributed by atoms with Gasteiger partial charge in [-0.05, 0) is 18.6 Å². The molecular weight excluding hydrogens is 266 g/mol. The molecule has 100 valence electrons. The minimum atomic E-state index is -3.52. The summed E-state index contributed by atoms with van der Waals surface area (Å²) in [6.07, 6.45) is 2.51. The Kier molecular flexibility index (Phi) is 2.33. The fraction of sp³-hybridized carbons (Fsp3) is 0.500. The van der Waals surface area contributed by atoms with Crippen LogP contribution < -0.4 is 0 Å². The molecule has 2 atom stereocenters. The van der Waals surface area contributed by atoms with Gasteiger partial charge in [0.2, 0.25) is 0 Å². The minimum absolute atomic E-state index is 0.0292. The number of aromatic nitrogens is 1. The zero-order valence-electron chi connectivity index (χ0n) is 10.2. The molecule has 0 saturated carbocycles. The lowest BCUT2D eigenvalue weighted by molar-refractivity contribution is 0.0615. The number of ether oxygens (including phenoxy) is 1. The number of nitrogens with zero attached hydrogens (tertiary/aromatic N) is 3. The summed E-state index contributed by atoms with van der Waals surface area (Å²) in [7, 11) is -3.52. The molecule has 0 spiro atoms. The van der Waals surface area contributed by atoms with Gasteiger partial charge in [-0.2, -0.15) is 4.31 Å². The second-order valence-corrected chi connectivity index (χ2v) is 6.84.